The Morgan fingerprint density at radius 1 is 1.27 bits per heavy atom. The Hall–Kier alpha value is -2.73. The highest BCUT2D eigenvalue weighted by Crippen LogP contribution is 2.09. The Bertz CT molecular complexity index is 843. The summed E-state index contributed by atoms with van der Waals surface area (Å²) in [6.07, 6.45) is 1.53. The first-order valence-corrected chi connectivity index (χ1v) is 6.96. The topological polar surface area (TPSA) is 72.2 Å². The summed E-state index contributed by atoms with van der Waals surface area (Å²) in [4.78, 5) is 11.9. The number of nitrogens with zero attached hydrogens (tertiary/aromatic N) is 4. The second-order valence-electron chi connectivity index (χ2n) is 4.58. The average Bonchev–Trinajstić information content (AvgIpc) is 2.91. The molecule has 0 radical (unpaired) electrons. The fraction of sp³-hybridized carbons (Fsp3) is 0.0667. The van der Waals surface area contributed by atoms with Gasteiger partial charge in [0, 0.05) is 5.02 Å². The summed E-state index contributed by atoms with van der Waals surface area (Å²) < 4.78 is 1.53. The van der Waals surface area contributed by atoms with Crippen molar-refractivity contribution in [2.45, 2.75) is 6.54 Å². The Kier molecular flexibility index (Phi) is 4.11. The molecule has 7 heteroatoms. The van der Waals surface area contributed by atoms with Crippen LogP contribution in [0, 0.1) is 0 Å². The van der Waals surface area contributed by atoms with E-state index in [0.29, 0.717) is 5.02 Å². The van der Waals surface area contributed by atoms with E-state index in [-0.39, 0.29) is 12.5 Å². The molecule has 0 aliphatic carbocycles. The average molecular weight is 314 g/mol. The molecule has 0 aliphatic heterocycles. The van der Waals surface area contributed by atoms with Gasteiger partial charge in [0.2, 0.25) is 0 Å². The summed E-state index contributed by atoms with van der Waals surface area (Å²) in [7, 11) is 0. The normalized spacial score (nSPS) is 11.1. The Morgan fingerprint density at radius 3 is 3.00 bits per heavy atom. The third-order valence-corrected chi connectivity index (χ3v) is 3.20. The molecule has 3 rings (SSSR count). The third-order valence-electron chi connectivity index (χ3n) is 2.97. The molecule has 0 saturated carbocycles. The van der Waals surface area contributed by atoms with Gasteiger partial charge in [0.1, 0.15) is 12.1 Å². The van der Waals surface area contributed by atoms with Gasteiger partial charge in [0.25, 0.3) is 5.91 Å². The molecule has 0 spiro atoms. The van der Waals surface area contributed by atoms with E-state index >= 15 is 0 Å². The zero-order chi connectivity index (χ0) is 15.4. The van der Waals surface area contributed by atoms with Crippen molar-refractivity contribution in [1.29, 1.82) is 0 Å². The van der Waals surface area contributed by atoms with Crippen LogP contribution < -0.4 is 5.43 Å². The van der Waals surface area contributed by atoms with Crippen molar-refractivity contribution in [2.24, 2.45) is 5.10 Å². The van der Waals surface area contributed by atoms with E-state index in [9.17, 15) is 4.79 Å². The van der Waals surface area contributed by atoms with Crippen LogP contribution in [0.3, 0.4) is 0 Å². The Balaban J connectivity index is 1.63. The van der Waals surface area contributed by atoms with E-state index in [4.69, 9.17) is 11.6 Å². The van der Waals surface area contributed by atoms with Gasteiger partial charge in [-0.1, -0.05) is 41.1 Å². The van der Waals surface area contributed by atoms with Crippen LogP contribution in [0.1, 0.15) is 5.56 Å². The van der Waals surface area contributed by atoms with Crippen molar-refractivity contribution in [3.8, 4) is 0 Å². The van der Waals surface area contributed by atoms with Crippen molar-refractivity contribution in [1.82, 2.24) is 20.4 Å². The lowest BCUT2D eigenvalue weighted by Crippen LogP contribution is -2.23. The maximum Gasteiger partial charge on any atom is 0.261 e. The number of nitrogens with one attached hydrogen (secondary N) is 1. The molecule has 3 aromatic rings. The number of carbonyl (C=O) groups excluding carboxylic acids is 1. The standard InChI is InChI=1S/C15H12ClN5O/c16-12-5-3-4-11(8-12)9-17-19-15(22)10-21-14-7-2-1-6-13(14)18-20-21/h1-9H,10H2,(H,19,22). The molecule has 1 aromatic heterocycles. The van der Waals surface area contributed by atoms with E-state index in [2.05, 4.69) is 20.8 Å². The van der Waals surface area contributed by atoms with Crippen molar-refractivity contribution in [3.05, 3.63) is 59.1 Å². The van der Waals surface area contributed by atoms with Gasteiger partial charge in [-0.3, -0.25) is 4.79 Å². The van der Waals surface area contributed by atoms with Gasteiger partial charge in [-0.2, -0.15) is 5.10 Å². The van der Waals surface area contributed by atoms with Crippen LogP contribution in [0.2, 0.25) is 5.02 Å². The van der Waals surface area contributed by atoms with Crippen LogP contribution in [-0.4, -0.2) is 27.1 Å². The van der Waals surface area contributed by atoms with Crippen LogP contribution in [0.5, 0.6) is 0 Å². The summed E-state index contributed by atoms with van der Waals surface area (Å²) in [6.45, 7) is 0.0490. The highest BCUT2D eigenvalue weighted by molar-refractivity contribution is 6.30. The fourth-order valence-corrected chi connectivity index (χ4v) is 2.17. The van der Waals surface area contributed by atoms with Gasteiger partial charge >= 0.3 is 0 Å². The van der Waals surface area contributed by atoms with Gasteiger partial charge in [-0.25, -0.2) is 10.1 Å². The lowest BCUT2D eigenvalue weighted by molar-refractivity contribution is -0.121. The zero-order valence-corrected chi connectivity index (χ0v) is 12.2. The van der Waals surface area contributed by atoms with Crippen molar-refractivity contribution in [2.75, 3.05) is 0 Å². The molecule has 0 atom stereocenters. The molecule has 2 aromatic carbocycles. The molecule has 110 valence electrons. The van der Waals surface area contributed by atoms with Crippen LogP contribution in [-0.2, 0) is 11.3 Å². The van der Waals surface area contributed by atoms with E-state index in [1.807, 2.05) is 36.4 Å². The molecule has 0 unspecified atom stereocenters. The molecule has 1 heterocycles. The number of carbonyl (C=O) groups is 1. The minimum atomic E-state index is -0.283. The van der Waals surface area contributed by atoms with E-state index in [1.54, 1.807) is 12.1 Å². The fourth-order valence-electron chi connectivity index (χ4n) is 1.97. The number of benzene rings is 2. The summed E-state index contributed by atoms with van der Waals surface area (Å²) in [5, 5.41) is 12.5. The van der Waals surface area contributed by atoms with Gasteiger partial charge in [0.05, 0.1) is 11.7 Å². The summed E-state index contributed by atoms with van der Waals surface area (Å²) in [5.41, 5.74) is 4.81. The number of amides is 1. The van der Waals surface area contributed by atoms with E-state index < -0.39 is 0 Å². The molecule has 22 heavy (non-hydrogen) atoms. The highest BCUT2D eigenvalue weighted by atomic mass is 35.5. The first-order chi connectivity index (χ1) is 10.7. The molecule has 0 fully saturated rings. The minimum absolute atomic E-state index is 0.0490. The largest absolute Gasteiger partial charge is 0.271 e. The Labute approximate surface area is 131 Å². The van der Waals surface area contributed by atoms with Crippen LogP contribution in [0.15, 0.2) is 53.6 Å². The number of rotatable bonds is 4. The third kappa shape index (κ3) is 3.29. The molecule has 6 nitrogen and oxygen atoms in total. The van der Waals surface area contributed by atoms with Gasteiger partial charge < -0.3 is 0 Å². The number of fused-ring (bicyclic) bond motifs is 1. The molecule has 0 saturated heterocycles. The van der Waals surface area contributed by atoms with E-state index in [0.717, 1.165) is 16.6 Å². The van der Waals surface area contributed by atoms with E-state index in [1.165, 1.54) is 10.9 Å². The highest BCUT2D eigenvalue weighted by Gasteiger charge is 2.07. The number of halogens is 1. The van der Waals surface area contributed by atoms with Crippen LogP contribution >= 0.6 is 11.6 Å². The quantitative estimate of drug-likeness (QED) is 0.593. The number of hydrazone groups is 1. The second-order valence-corrected chi connectivity index (χ2v) is 5.02. The second kappa shape index (κ2) is 6.36. The maximum atomic E-state index is 11.9. The van der Waals surface area contributed by atoms with Crippen molar-refractivity contribution >= 4 is 34.8 Å². The van der Waals surface area contributed by atoms with Gasteiger partial charge in [0.15, 0.2) is 0 Å². The SMILES string of the molecule is O=C(Cn1nnc2ccccc21)NN=Cc1cccc(Cl)c1. The van der Waals surface area contributed by atoms with Crippen LogP contribution in [0.25, 0.3) is 11.0 Å². The monoisotopic (exact) mass is 313 g/mol. The maximum absolute atomic E-state index is 11.9. The molecule has 1 N–H and O–H groups in total. The molecule has 1 amide bonds. The first kappa shape index (κ1) is 14.2. The smallest absolute Gasteiger partial charge is 0.261 e. The minimum Gasteiger partial charge on any atom is -0.271 e. The predicted molar refractivity (Wildman–Crippen MR) is 84.7 cm³/mol. The summed E-state index contributed by atoms with van der Waals surface area (Å²) in [6, 6.07) is 14.6. The molecular weight excluding hydrogens is 302 g/mol. The summed E-state index contributed by atoms with van der Waals surface area (Å²) in [5.74, 6) is -0.283. The van der Waals surface area contributed by atoms with Gasteiger partial charge in [-0.15, -0.1) is 5.10 Å². The number of hydrogen-bond acceptors (Lipinski definition) is 4. The van der Waals surface area contributed by atoms with Crippen LogP contribution in [0.4, 0.5) is 0 Å². The van der Waals surface area contributed by atoms with Crippen molar-refractivity contribution in [3.63, 3.8) is 0 Å². The lowest BCUT2D eigenvalue weighted by Gasteiger charge is -2.01. The first-order valence-electron chi connectivity index (χ1n) is 6.58. The zero-order valence-electron chi connectivity index (χ0n) is 11.5. The predicted octanol–water partition coefficient (Wildman–Crippen LogP) is 2.24. The molecule has 0 aliphatic rings. The summed E-state index contributed by atoms with van der Waals surface area (Å²) >= 11 is 5.87. The Morgan fingerprint density at radius 2 is 2.14 bits per heavy atom. The molecule has 0 bridgehead atoms. The number of para-hydroxylation sites is 1. The van der Waals surface area contributed by atoms with Gasteiger partial charge in [-0.05, 0) is 29.8 Å². The number of hydrogen-bond donors (Lipinski definition) is 1. The lowest BCUT2D eigenvalue weighted by atomic mass is 10.2. The number of aromatic nitrogens is 3. The van der Waals surface area contributed by atoms with Crippen molar-refractivity contribution < 1.29 is 4.79 Å². The molecular formula is C15H12ClN5O.